The third-order valence-electron chi connectivity index (χ3n) is 3.34. The normalized spacial score (nSPS) is 13.3. The maximum atomic E-state index is 5.55. The molecule has 3 rings (SSSR count). The zero-order valence-electron chi connectivity index (χ0n) is 12.4. The number of benzene rings is 1. The van der Waals surface area contributed by atoms with Gasteiger partial charge in [-0.15, -0.1) is 0 Å². The van der Waals surface area contributed by atoms with Gasteiger partial charge in [-0.3, -0.25) is 4.98 Å². The zero-order chi connectivity index (χ0) is 14.7. The first kappa shape index (κ1) is 13.8. The predicted molar refractivity (Wildman–Crippen MR) is 82.1 cm³/mol. The van der Waals surface area contributed by atoms with Gasteiger partial charge in [0.1, 0.15) is 5.82 Å². The van der Waals surface area contributed by atoms with E-state index in [1.54, 1.807) is 12.4 Å². The fourth-order valence-corrected chi connectivity index (χ4v) is 2.38. The van der Waals surface area contributed by atoms with Crippen LogP contribution in [0.4, 0.5) is 5.82 Å². The average molecular weight is 284 g/mol. The van der Waals surface area contributed by atoms with E-state index in [9.17, 15) is 0 Å². The van der Waals surface area contributed by atoms with Gasteiger partial charge in [-0.2, -0.15) is 4.98 Å². The quantitative estimate of drug-likeness (QED) is 0.883. The number of rotatable bonds is 5. The lowest BCUT2D eigenvalue weighted by molar-refractivity contribution is 0.232. The number of nitrogens with one attached hydrogen (secondary N) is 2. The monoisotopic (exact) mass is 284 g/mol. The number of nitrogens with zero attached hydrogens (tertiary/aromatic N) is 2. The molecule has 0 unspecified atom stereocenters. The maximum absolute atomic E-state index is 5.55. The molecule has 0 bridgehead atoms. The van der Waals surface area contributed by atoms with Crippen LogP contribution < -0.4 is 15.4 Å². The van der Waals surface area contributed by atoms with Crippen LogP contribution in [0.3, 0.4) is 0 Å². The second-order valence-electron chi connectivity index (χ2n) is 5.47. The van der Waals surface area contributed by atoms with Gasteiger partial charge in [0, 0.05) is 19.6 Å². The fourth-order valence-electron chi connectivity index (χ4n) is 2.38. The van der Waals surface area contributed by atoms with Gasteiger partial charge in [0.15, 0.2) is 0 Å². The standard InChI is InChI=1S/C16H20N4O/c1-11(2)21-16-10-18-9-15(20-16)19-6-12-3-4-13-7-17-8-14(13)5-12/h3-5,9-11,17H,6-8H2,1-2H3,(H,19,20). The first-order chi connectivity index (χ1) is 10.2. The molecular formula is C16H20N4O. The minimum Gasteiger partial charge on any atom is -0.474 e. The molecule has 0 fully saturated rings. The first-order valence-electron chi connectivity index (χ1n) is 7.24. The van der Waals surface area contributed by atoms with Gasteiger partial charge in [0.25, 0.3) is 0 Å². The number of aromatic nitrogens is 2. The molecule has 2 aromatic rings. The summed E-state index contributed by atoms with van der Waals surface area (Å²) in [5, 5.41) is 6.65. The summed E-state index contributed by atoms with van der Waals surface area (Å²) < 4.78 is 5.55. The van der Waals surface area contributed by atoms with Gasteiger partial charge < -0.3 is 15.4 Å². The lowest BCUT2D eigenvalue weighted by atomic mass is 10.1. The molecule has 1 aliphatic heterocycles. The van der Waals surface area contributed by atoms with Crippen LogP contribution in [0.15, 0.2) is 30.6 Å². The molecule has 1 aromatic carbocycles. The Balaban J connectivity index is 1.64. The Morgan fingerprint density at radius 1 is 1.24 bits per heavy atom. The van der Waals surface area contributed by atoms with Gasteiger partial charge in [-0.05, 0) is 30.5 Å². The molecule has 2 N–H and O–H groups in total. The highest BCUT2D eigenvalue weighted by Crippen LogP contribution is 2.18. The van der Waals surface area contributed by atoms with Crippen molar-refractivity contribution in [3.63, 3.8) is 0 Å². The van der Waals surface area contributed by atoms with Gasteiger partial charge >= 0.3 is 0 Å². The van der Waals surface area contributed by atoms with Crippen molar-refractivity contribution < 1.29 is 4.74 Å². The van der Waals surface area contributed by atoms with E-state index in [1.165, 1.54) is 16.7 Å². The average Bonchev–Trinajstić information content (AvgIpc) is 2.92. The van der Waals surface area contributed by atoms with E-state index in [4.69, 9.17) is 4.74 Å². The third-order valence-corrected chi connectivity index (χ3v) is 3.34. The van der Waals surface area contributed by atoms with Gasteiger partial charge in [-0.1, -0.05) is 18.2 Å². The summed E-state index contributed by atoms with van der Waals surface area (Å²) in [5.74, 6) is 1.28. The van der Waals surface area contributed by atoms with Crippen molar-refractivity contribution in [1.82, 2.24) is 15.3 Å². The summed E-state index contributed by atoms with van der Waals surface area (Å²) in [4.78, 5) is 8.54. The van der Waals surface area contributed by atoms with Crippen LogP contribution in [0.5, 0.6) is 5.88 Å². The van der Waals surface area contributed by atoms with Crippen LogP contribution in [0, 0.1) is 0 Å². The molecule has 1 aromatic heterocycles. The van der Waals surface area contributed by atoms with Crippen molar-refractivity contribution in [2.75, 3.05) is 5.32 Å². The van der Waals surface area contributed by atoms with E-state index >= 15 is 0 Å². The lowest BCUT2D eigenvalue weighted by Crippen LogP contribution is -2.09. The Kier molecular flexibility index (Phi) is 4.01. The fraction of sp³-hybridized carbons (Fsp3) is 0.375. The van der Waals surface area contributed by atoms with Crippen LogP contribution in [0.1, 0.15) is 30.5 Å². The van der Waals surface area contributed by atoms with Crippen molar-refractivity contribution in [2.24, 2.45) is 0 Å². The number of anilines is 1. The molecule has 5 nitrogen and oxygen atoms in total. The van der Waals surface area contributed by atoms with Crippen LogP contribution >= 0.6 is 0 Å². The molecule has 0 radical (unpaired) electrons. The Hall–Kier alpha value is -2.14. The molecule has 0 saturated carbocycles. The molecule has 0 amide bonds. The Bertz CT molecular complexity index is 627. The summed E-state index contributed by atoms with van der Waals surface area (Å²) in [5.41, 5.74) is 4.03. The maximum Gasteiger partial charge on any atom is 0.234 e. The van der Waals surface area contributed by atoms with Crippen LogP contribution in [-0.4, -0.2) is 16.1 Å². The Morgan fingerprint density at radius 2 is 2.10 bits per heavy atom. The molecule has 21 heavy (non-hydrogen) atoms. The highest BCUT2D eigenvalue weighted by molar-refractivity contribution is 5.38. The summed E-state index contributed by atoms with van der Waals surface area (Å²) in [7, 11) is 0. The van der Waals surface area contributed by atoms with Crippen LogP contribution in [-0.2, 0) is 19.6 Å². The molecule has 0 atom stereocenters. The molecule has 0 saturated heterocycles. The third kappa shape index (κ3) is 3.49. The van der Waals surface area contributed by atoms with Crippen molar-refractivity contribution in [3.05, 3.63) is 47.3 Å². The zero-order valence-corrected chi connectivity index (χ0v) is 12.4. The van der Waals surface area contributed by atoms with E-state index in [0.717, 1.165) is 25.5 Å². The van der Waals surface area contributed by atoms with Gasteiger partial charge in [-0.25, -0.2) is 0 Å². The molecule has 5 heteroatoms. The van der Waals surface area contributed by atoms with Crippen LogP contribution in [0.25, 0.3) is 0 Å². The topological polar surface area (TPSA) is 59.1 Å². The highest BCUT2D eigenvalue weighted by Gasteiger charge is 2.10. The van der Waals surface area contributed by atoms with Gasteiger partial charge in [0.2, 0.25) is 5.88 Å². The first-order valence-corrected chi connectivity index (χ1v) is 7.24. The van der Waals surface area contributed by atoms with Crippen molar-refractivity contribution in [3.8, 4) is 5.88 Å². The summed E-state index contributed by atoms with van der Waals surface area (Å²) in [6, 6.07) is 6.58. The SMILES string of the molecule is CC(C)Oc1cncc(NCc2ccc3c(c2)CNC3)n1. The van der Waals surface area contributed by atoms with E-state index < -0.39 is 0 Å². The summed E-state index contributed by atoms with van der Waals surface area (Å²) >= 11 is 0. The van der Waals surface area contributed by atoms with Gasteiger partial charge in [0.05, 0.1) is 18.5 Å². The Morgan fingerprint density at radius 3 is 2.95 bits per heavy atom. The summed E-state index contributed by atoms with van der Waals surface area (Å²) in [6.07, 6.45) is 3.44. The molecule has 0 spiro atoms. The molecule has 110 valence electrons. The minimum atomic E-state index is 0.0961. The van der Waals surface area contributed by atoms with Crippen molar-refractivity contribution in [1.29, 1.82) is 0 Å². The van der Waals surface area contributed by atoms with Crippen molar-refractivity contribution >= 4 is 5.82 Å². The Labute approximate surface area is 124 Å². The van der Waals surface area contributed by atoms with E-state index in [-0.39, 0.29) is 6.10 Å². The number of hydrogen-bond donors (Lipinski definition) is 2. The minimum absolute atomic E-state index is 0.0961. The molecule has 0 aliphatic carbocycles. The second kappa shape index (κ2) is 6.10. The number of hydrogen-bond acceptors (Lipinski definition) is 5. The largest absolute Gasteiger partial charge is 0.474 e. The van der Waals surface area contributed by atoms with E-state index in [2.05, 4.69) is 38.8 Å². The number of ether oxygens (including phenoxy) is 1. The smallest absolute Gasteiger partial charge is 0.234 e. The lowest BCUT2D eigenvalue weighted by Gasteiger charge is -2.10. The molecule has 2 heterocycles. The van der Waals surface area contributed by atoms with Crippen molar-refractivity contribution in [2.45, 2.75) is 39.6 Å². The molecule has 1 aliphatic rings. The highest BCUT2D eigenvalue weighted by atomic mass is 16.5. The molecular weight excluding hydrogens is 264 g/mol. The number of fused-ring (bicyclic) bond motifs is 1. The van der Waals surface area contributed by atoms with E-state index in [1.807, 2.05) is 13.8 Å². The van der Waals surface area contributed by atoms with Crippen LogP contribution in [0.2, 0.25) is 0 Å². The summed E-state index contributed by atoms with van der Waals surface area (Å²) in [6.45, 7) is 6.61. The predicted octanol–water partition coefficient (Wildman–Crippen LogP) is 2.48. The van der Waals surface area contributed by atoms with E-state index in [0.29, 0.717) is 5.88 Å². The second-order valence-corrected chi connectivity index (χ2v) is 5.47.